The van der Waals surface area contributed by atoms with Crippen molar-refractivity contribution in [3.63, 3.8) is 0 Å². The van der Waals surface area contributed by atoms with E-state index in [0.717, 1.165) is 22.2 Å². The smallest absolute Gasteiger partial charge is 0.307 e. The van der Waals surface area contributed by atoms with Gasteiger partial charge in [-0.05, 0) is 23.8 Å². The van der Waals surface area contributed by atoms with Gasteiger partial charge in [0.25, 0.3) is 0 Å². The predicted octanol–water partition coefficient (Wildman–Crippen LogP) is 2.27. The fourth-order valence-electron chi connectivity index (χ4n) is 1.53. The molecule has 2 aromatic rings. The van der Waals surface area contributed by atoms with E-state index < -0.39 is 5.97 Å². The number of hydrogen-bond acceptors (Lipinski definition) is 5. The summed E-state index contributed by atoms with van der Waals surface area (Å²) in [5.74, 6) is 0.646. The second-order valence-electron chi connectivity index (χ2n) is 3.94. The zero-order valence-electron chi connectivity index (χ0n) is 10.7. The molecule has 1 aromatic heterocycles. The number of hydrogen-bond donors (Lipinski definition) is 1. The highest BCUT2D eigenvalue weighted by atomic mass is 32.2. The Labute approximate surface area is 121 Å². The molecule has 0 saturated carbocycles. The van der Waals surface area contributed by atoms with E-state index in [1.165, 1.54) is 11.8 Å². The summed E-state index contributed by atoms with van der Waals surface area (Å²) in [6.07, 6.45) is 3.44. The molecule has 1 N–H and O–H groups in total. The summed E-state index contributed by atoms with van der Waals surface area (Å²) >= 11 is 1.53. The van der Waals surface area contributed by atoms with Crippen LogP contribution in [0.3, 0.4) is 0 Å². The van der Waals surface area contributed by atoms with Crippen LogP contribution in [-0.4, -0.2) is 33.4 Å². The van der Waals surface area contributed by atoms with Crippen LogP contribution in [0.15, 0.2) is 47.9 Å². The van der Waals surface area contributed by atoms with Crippen LogP contribution >= 0.6 is 11.8 Å². The third kappa shape index (κ3) is 4.89. The van der Waals surface area contributed by atoms with Gasteiger partial charge in [0.15, 0.2) is 5.16 Å². The number of thioether (sulfide) groups is 1. The monoisotopic (exact) mass is 290 g/mol. The van der Waals surface area contributed by atoms with Gasteiger partial charge in [-0.1, -0.05) is 23.9 Å². The molecular weight excluding hydrogens is 276 g/mol. The SMILES string of the molecule is O=C(O)Cc1ccc(OCCSc2ncccn2)cc1. The summed E-state index contributed by atoms with van der Waals surface area (Å²) in [6, 6.07) is 8.86. The Balaban J connectivity index is 1.73. The Bertz CT molecular complexity index is 546. The first-order valence-electron chi connectivity index (χ1n) is 6.07. The highest BCUT2D eigenvalue weighted by Crippen LogP contribution is 2.15. The first-order valence-corrected chi connectivity index (χ1v) is 7.06. The second-order valence-corrected chi connectivity index (χ2v) is 5.00. The lowest BCUT2D eigenvalue weighted by molar-refractivity contribution is -0.136. The quantitative estimate of drug-likeness (QED) is 0.479. The fraction of sp³-hybridized carbons (Fsp3) is 0.214. The van der Waals surface area contributed by atoms with Crippen LogP contribution in [0.1, 0.15) is 5.56 Å². The Kier molecular flexibility index (Phi) is 5.37. The van der Waals surface area contributed by atoms with Crippen molar-refractivity contribution >= 4 is 17.7 Å². The van der Waals surface area contributed by atoms with Gasteiger partial charge < -0.3 is 9.84 Å². The molecule has 20 heavy (non-hydrogen) atoms. The van der Waals surface area contributed by atoms with Crippen molar-refractivity contribution in [2.75, 3.05) is 12.4 Å². The largest absolute Gasteiger partial charge is 0.493 e. The molecule has 2 rings (SSSR count). The van der Waals surface area contributed by atoms with Crippen LogP contribution in [0.4, 0.5) is 0 Å². The maximum absolute atomic E-state index is 10.6. The Morgan fingerprint density at radius 2 is 1.90 bits per heavy atom. The van der Waals surface area contributed by atoms with Gasteiger partial charge in [0.1, 0.15) is 5.75 Å². The lowest BCUT2D eigenvalue weighted by Crippen LogP contribution is -2.02. The Morgan fingerprint density at radius 3 is 2.55 bits per heavy atom. The van der Waals surface area contributed by atoms with E-state index >= 15 is 0 Å². The third-order valence-corrected chi connectivity index (χ3v) is 3.24. The van der Waals surface area contributed by atoms with Crippen LogP contribution in [0.2, 0.25) is 0 Å². The fourth-order valence-corrected chi connectivity index (χ4v) is 2.15. The minimum atomic E-state index is -0.835. The van der Waals surface area contributed by atoms with Crippen LogP contribution in [0, 0.1) is 0 Å². The molecule has 0 saturated heterocycles. The second kappa shape index (κ2) is 7.49. The minimum absolute atomic E-state index is 0.0292. The number of carboxylic acid groups (broad SMARTS) is 1. The number of rotatable bonds is 7. The third-order valence-electron chi connectivity index (χ3n) is 2.40. The van der Waals surface area contributed by atoms with Crippen LogP contribution in [0.5, 0.6) is 5.75 Å². The standard InChI is InChI=1S/C14H14N2O3S/c17-13(18)10-11-2-4-12(5-3-11)19-8-9-20-14-15-6-1-7-16-14/h1-7H,8-10H2,(H,17,18). The molecule has 0 atom stereocenters. The van der Waals surface area contributed by atoms with Crippen molar-refractivity contribution < 1.29 is 14.6 Å². The van der Waals surface area contributed by atoms with E-state index in [4.69, 9.17) is 9.84 Å². The molecule has 0 fully saturated rings. The molecule has 1 aromatic carbocycles. The van der Waals surface area contributed by atoms with Gasteiger partial charge in [0.05, 0.1) is 13.0 Å². The molecule has 0 aliphatic carbocycles. The number of ether oxygens (including phenoxy) is 1. The van der Waals surface area contributed by atoms with Gasteiger partial charge >= 0.3 is 5.97 Å². The lowest BCUT2D eigenvalue weighted by atomic mass is 10.1. The molecule has 0 unspecified atom stereocenters. The average Bonchev–Trinajstić information content (AvgIpc) is 2.46. The van der Waals surface area contributed by atoms with Gasteiger partial charge in [0.2, 0.25) is 0 Å². The number of aliphatic carboxylic acids is 1. The van der Waals surface area contributed by atoms with Gasteiger partial charge in [-0.2, -0.15) is 0 Å². The van der Waals surface area contributed by atoms with Gasteiger partial charge in [-0.15, -0.1) is 0 Å². The summed E-state index contributed by atoms with van der Waals surface area (Å²) < 4.78 is 5.56. The molecule has 6 heteroatoms. The lowest BCUT2D eigenvalue weighted by Gasteiger charge is -2.06. The van der Waals surface area contributed by atoms with Crippen molar-refractivity contribution in [1.29, 1.82) is 0 Å². The molecule has 0 radical (unpaired) electrons. The Hall–Kier alpha value is -2.08. The molecular formula is C14H14N2O3S. The van der Waals surface area contributed by atoms with Crippen molar-refractivity contribution in [2.24, 2.45) is 0 Å². The first-order chi connectivity index (χ1) is 9.74. The minimum Gasteiger partial charge on any atom is -0.493 e. The summed E-state index contributed by atoms with van der Waals surface area (Å²) in [4.78, 5) is 18.8. The van der Waals surface area contributed by atoms with E-state index in [2.05, 4.69) is 9.97 Å². The molecule has 104 valence electrons. The summed E-state index contributed by atoms with van der Waals surface area (Å²) in [6.45, 7) is 0.543. The molecule has 0 amide bonds. The maximum Gasteiger partial charge on any atom is 0.307 e. The average molecular weight is 290 g/mol. The number of carboxylic acids is 1. The van der Waals surface area contributed by atoms with E-state index in [1.807, 2.05) is 0 Å². The molecule has 0 bridgehead atoms. The number of aromatic nitrogens is 2. The highest BCUT2D eigenvalue weighted by molar-refractivity contribution is 7.99. The zero-order chi connectivity index (χ0) is 14.2. The van der Waals surface area contributed by atoms with Gasteiger partial charge in [-0.3, -0.25) is 4.79 Å². The molecule has 1 heterocycles. The first kappa shape index (κ1) is 14.3. The Morgan fingerprint density at radius 1 is 1.20 bits per heavy atom. The topological polar surface area (TPSA) is 72.3 Å². The zero-order valence-corrected chi connectivity index (χ0v) is 11.5. The summed E-state index contributed by atoms with van der Waals surface area (Å²) in [5, 5.41) is 9.40. The van der Waals surface area contributed by atoms with Crippen LogP contribution in [-0.2, 0) is 11.2 Å². The number of nitrogens with zero attached hydrogens (tertiary/aromatic N) is 2. The number of carbonyl (C=O) groups is 1. The predicted molar refractivity (Wildman–Crippen MR) is 76.0 cm³/mol. The van der Waals surface area contributed by atoms with Crippen LogP contribution < -0.4 is 4.74 Å². The molecule has 5 nitrogen and oxygen atoms in total. The van der Waals surface area contributed by atoms with E-state index in [1.54, 1.807) is 42.7 Å². The van der Waals surface area contributed by atoms with Gasteiger partial charge in [0, 0.05) is 18.1 Å². The van der Waals surface area contributed by atoms with Crippen LogP contribution in [0.25, 0.3) is 0 Å². The highest BCUT2D eigenvalue weighted by Gasteiger charge is 2.01. The van der Waals surface area contributed by atoms with Crippen molar-refractivity contribution in [1.82, 2.24) is 9.97 Å². The number of benzene rings is 1. The van der Waals surface area contributed by atoms with E-state index in [-0.39, 0.29) is 6.42 Å². The van der Waals surface area contributed by atoms with Gasteiger partial charge in [-0.25, -0.2) is 9.97 Å². The maximum atomic E-state index is 10.6. The molecule has 0 spiro atoms. The molecule has 0 aliphatic heterocycles. The normalized spacial score (nSPS) is 10.2. The van der Waals surface area contributed by atoms with Crippen molar-refractivity contribution in [3.8, 4) is 5.75 Å². The van der Waals surface area contributed by atoms with Crippen molar-refractivity contribution in [2.45, 2.75) is 11.6 Å². The van der Waals surface area contributed by atoms with E-state index in [0.29, 0.717) is 6.61 Å². The van der Waals surface area contributed by atoms with Crippen molar-refractivity contribution in [3.05, 3.63) is 48.3 Å². The summed E-state index contributed by atoms with van der Waals surface area (Å²) in [5.41, 5.74) is 0.761. The molecule has 0 aliphatic rings. The van der Waals surface area contributed by atoms with E-state index in [9.17, 15) is 4.79 Å². The summed E-state index contributed by atoms with van der Waals surface area (Å²) in [7, 11) is 0.